The number of thioether (sulfide) groups is 1. The number of aromatic nitrogens is 1. The first-order valence-corrected chi connectivity index (χ1v) is 7.95. The first-order valence-electron chi connectivity index (χ1n) is 5.98. The van der Waals surface area contributed by atoms with Gasteiger partial charge in [0.15, 0.2) is 5.13 Å². The molecule has 92 valence electrons. The first kappa shape index (κ1) is 13.8. The second-order valence-electron chi connectivity index (χ2n) is 4.29. The van der Waals surface area contributed by atoms with E-state index in [0.29, 0.717) is 0 Å². The molecule has 1 N–H and O–H groups in total. The van der Waals surface area contributed by atoms with Gasteiger partial charge in [-0.1, -0.05) is 20.8 Å². The number of hydrogen-bond acceptors (Lipinski definition) is 4. The van der Waals surface area contributed by atoms with Crippen LogP contribution < -0.4 is 5.32 Å². The predicted octanol–water partition coefficient (Wildman–Crippen LogP) is 4.24. The van der Waals surface area contributed by atoms with Gasteiger partial charge in [0.05, 0.1) is 0 Å². The molecule has 0 bridgehead atoms. The van der Waals surface area contributed by atoms with Crippen molar-refractivity contribution in [3.63, 3.8) is 0 Å². The molecule has 0 fully saturated rings. The molecule has 1 rings (SSSR count). The van der Waals surface area contributed by atoms with Crippen molar-refractivity contribution in [1.29, 1.82) is 0 Å². The molecule has 16 heavy (non-hydrogen) atoms. The molecule has 0 radical (unpaired) electrons. The lowest BCUT2D eigenvalue weighted by Gasteiger charge is -2.02. The van der Waals surface area contributed by atoms with Crippen molar-refractivity contribution in [2.45, 2.75) is 39.4 Å². The van der Waals surface area contributed by atoms with Crippen LogP contribution in [0.3, 0.4) is 0 Å². The molecular formula is C12H22N2S2. The Hall–Kier alpha value is -0.220. The number of hydrogen-bond donors (Lipinski definition) is 1. The summed E-state index contributed by atoms with van der Waals surface area (Å²) in [5.74, 6) is 3.18. The molecule has 0 aromatic carbocycles. The molecule has 0 aliphatic heterocycles. The van der Waals surface area contributed by atoms with Crippen LogP contribution in [0.5, 0.6) is 0 Å². The highest BCUT2D eigenvalue weighted by molar-refractivity contribution is 7.98. The molecule has 0 unspecified atom stereocenters. The number of nitrogens with one attached hydrogen (secondary N) is 1. The van der Waals surface area contributed by atoms with Gasteiger partial charge in [0.1, 0.15) is 0 Å². The Morgan fingerprint density at radius 3 is 3.00 bits per heavy atom. The maximum absolute atomic E-state index is 4.36. The predicted molar refractivity (Wildman–Crippen MR) is 76.5 cm³/mol. The van der Waals surface area contributed by atoms with Crippen molar-refractivity contribution in [2.75, 3.05) is 17.6 Å². The highest BCUT2D eigenvalue weighted by Gasteiger charge is 2.01. The van der Waals surface area contributed by atoms with Gasteiger partial charge >= 0.3 is 0 Å². The third-order valence-corrected chi connectivity index (χ3v) is 4.34. The zero-order chi connectivity index (χ0) is 11.8. The van der Waals surface area contributed by atoms with Crippen molar-refractivity contribution >= 4 is 28.2 Å². The first-order chi connectivity index (χ1) is 7.72. The minimum absolute atomic E-state index is 0.816. The Balaban J connectivity index is 2.19. The number of rotatable bonds is 8. The average molecular weight is 258 g/mol. The Bertz CT molecular complexity index is 284. The van der Waals surface area contributed by atoms with E-state index in [2.05, 4.69) is 31.1 Å². The van der Waals surface area contributed by atoms with Crippen LogP contribution in [0.25, 0.3) is 0 Å². The van der Waals surface area contributed by atoms with Gasteiger partial charge in [-0.25, -0.2) is 4.98 Å². The van der Waals surface area contributed by atoms with E-state index in [4.69, 9.17) is 0 Å². The number of nitrogens with zero attached hydrogens (tertiary/aromatic N) is 1. The maximum atomic E-state index is 4.36. The van der Waals surface area contributed by atoms with Crippen LogP contribution >= 0.6 is 23.1 Å². The molecule has 0 atom stereocenters. The smallest absolute Gasteiger partial charge is 0.182 e. The molecule has 0 amide bonds. The molecule has 1 aromatic heterocycles. The van der Waals surface area contributed by atoms with Crippen LogP contribution in [0.1, 0.15) is 38.5 Å². The Morgan fingerprint density at radius 2 is 2.31 bits per heavy atom. The van der Waals surface area contributed by atoms with E-state index in [0.717, 1.165) is 29.8 Å². The highest BCUT2D eigenvalue weighted by atomic mass is 32.2. The Labute approximate surface area is 107 Å². The zero-order valence-electron chi connectivity index (χ0n) is 10.5. The summed E-state index contributed by atoms with van der Waals surface area (Å²) in [6.07, 6.45) is 4.47. The van der Waals surface area contributed by atoms with Gasteiger partial charge in [0.2, 0.25) is 0 Å². The van der Waals surface area contributed by atoms with Gasteiger partial charge in [0, 0.05) is 23.4 Å². The standard InChI is InChI=1S/C12H22N2S2/c1-4-6-13-12-14-8-11(16-12)9-15-7-5-10(2)3/h8,10H,4-7,9H2,1-3H3,(H,13,14). The van der Waals surface area contributed by atoms with Crippen LogP contribution in [-0.2, 0) is 5.75 Å². The summed E-state index contributed by atoms with van der Waals surface area (Å²) < 4.78 is 0. The third-order valence-electron chi connectivity index (χ3n) is 2.16. The lowest BCUT2D eigenvalue weighted by Crippen LogP contribution is -1.97. The second kappa shape index (κ2) is 7.96. The third kappa shape index (κ3) is 5.75. The van der Waals surface area contributed by atoms with Gasteiger partial charge in [-0.3, -0.25) is 0 Å². The SMILES string of the molecule is CCCNc1ncc(CSCCC(C)C)s1. The van der Waals surface area contributed by atoms with Gasteiger partial charge in [-0.2, -0.15) is 11.8 Å². The monoisotopic (exact) mass is 258 g/mol. The Morgan fingerprint density at radius 1 is 1.50 bits per heavy atom. The normalized spacial score (nSPS) is 11.0. The quantitative estimate of drug-likeness (QED) is 0.706. The highest BCUT2D eigenvalue weighted by Crippen LogP contribution is 2.23. The van der Waals surface area contributed by atoms with E-state index in [-0.39, 0.29) is 0 Å². The Kier molecular flexibility index (Phi) is 6.88. The summed E-state index contributed by atoms with van der Waals surface area (Å²) in [7, 11) is 0. The largest absolute Gasteiger partial charge is 0.362 e. The summed E-state index contributed by atoms with van der Waals surface area (Å²) in [5.41, 5.74) is 0. The lowest BCUT2D eigenvalue weighted by atomic mass is 10.2. The van der Waals surface area contributed by atoms with Crippen LogP contribution in [0.2, 0.25) is 0 Å². The summed E-state index contributed by atoms with van der Waals surface area (Å²) in [5, 5.41) is 4.39. The van der Waals surface area contributed by atoms with Crippen molar-refractivity contribution in [2.24, 2.45) is 5.92 Å². The van der Waals surface area contributed by atoms with Gasteiger partial charge in [-0.15, -0.1) is 11.3 Å². The van der Waals surface area contributed by atoms with Crippen LogP contribution in [0, 0.1) is 5.92 Å². The molecule has 0 saturated carbocycles. The van der Waals surface area contributed by atoms with Crippen molar-refractivity contribution < 1.29 is 0 Å². The molecular weight excluding hydrogens is 236 g/mol. The number of thiazole rings is 1. The molecule has 0 spiro atoms. The van der Waals surface area contributed by atoms with Crippen molar-refractivity contribution in [1.82, 2.24) is 4.98 Å². The molecule has 2 nitrogen and oxygen atoms in total. The lowest BCUT2D eigenvalue weighted by molar-refractivity contribution is 0.632. The van der Waals surface area contributed by atoms with E-state index >= 15 is 0 Å². The molecule has 0 saturated heterocycles. The molecule has 1 aromatic rings. The van der Waals surface area contributed by atoms with Gasteiger partial charge in [-0.05, 0) is 24.5 Å². The van der Waals surface area contributed by atoms with Crippen LogP contribution in [0.15, 0.2) is 6.20 Å². The maximum Gasteiger partial charge on any atom is 0.182 e. The second-order valence-corrected chi connectivity index (χ2v) is 6.51. The van der Waals surface area contributed by atoms with Gasteiger partial charge in [0.25, 0.3) is 0 Å². The van der Waals surface area contributed by atoms with Crippen LogP contribution in [-0.4, -0.2) is 17.3 Å². The molecule has 0 aliphatic rings. The van der Waals surface area contributed by atoms with E-state index < -0.39 is 0 Å². The fraction of sp³-hybridized carbons (Fsp3) is 0.750. The zero-order valence-corrected chi connectivity index (χ0v) is 12.1. The van der Waals surface area contributed by atoms with E-state index in [1.54, 1.807) is 11.3 Å². The van der Waals surface area contributed by atoms with Crippen molar-refractivity contribution in [3.8, 4) is 0 Å². The van der Waals surface area contributed by atoms with E-state index in [1.165, 1.54) is 17.1 Å². The summed E-state index contributed by atoms with van der Waals surface area (Å²) in [6.45, 7) is 7.75. The average Bonchev–Trinajstić information content (AvgIpc) is 2.69. The summed E-state index contributed by atoms with van der Waals surface area (Å²) >= 11 is 3.80. The molecule has 1 heterocycles. The van der Waals surface area contributed by atoms with Crippen LogP contribution in [0.4, 0.5) is 5.13 Å². The molecule has 0 aliphatic carbocycles. The topological polar surface area (TPSA) is 24.9 Å². The minimum Gasteiger partial charge on any atom is -0.362 e. The van der Waals surface area contributed by atoms with Crippen molar-refractivity contribution in [3.05, 3.63) is 11.1 Å². The van der Waals surface area contributed by atoms with Gasteiger partial charge < -0.3 is 5.32 Å². The summed E-state index contributed by atoms with van der Waals surface area (Å²) in [4.78, 5) is 5.74. The fourth-order valence-corrected chi connectivity index (χ4v) is 3.36. The summed E-state index contributed by atoms with van der Waals surface area (Å²) in [6, 6.07) is 0. The van der Waals surface area contributed by atoms with E-state index in [1.807, 2.05) is 18.0 Å². The fourth-order valence-electron chi connectivity index (χ4n) is 1.18. The minimum atomic E-state index is 0.816. The number of anilines is 1. The molecule has 4 heteroatoms. The van der Waals surface area contributed by atoms with E-state index in [9.17, 15) is 0 Å².